The van der Waals surface area contributed by atoms with E-state index in [1.165, 1.54) is 0 Å². The monoisotopic (exact) mass is 361 g/mol. The van der Waals surface area contributed by atoms with Crippen LogP contribution in [0.2, 0.25) is 5.02 Å². The van der Waals surface area contributed by atoms with Gasteiger partial charge in [0.2, 0.25) is 0 Å². The summed E-state index contributed by atoms with van der Waals surface area (Å²) in [5, 5.41) is 12.5. The lowest BCUT2D eigenvalue weighted by molar-refractivity contribution is 0.455. The van der Waals surface area contributed by atoms with Crippen molar-refractivity contribution in [2.45, 2.75) is 32.6 Å². The zero-order chi connectivity index (χ0) is 18.0. The first-order valence-corrected chi connectivity index (χ1v) is 9.05. The van der Waals surface area contributed by atoms with E-state index in [0.29, 0.717) is 10.8 Å². The van der Waals surface area contributed by atoms with Crippen molar-refractivity contribution in [1.82, 2.24) is 29.7 Å². The van der Waals surface area contributed by atoms with Crippen LogP contribution in [0.25, 0.3) is 16.8 Å². The minimum Gasteiger partial charge on any atom is -0.382 e. The van der Waals surface area contributed by atoms with Gasteiger partial charge in [0.1, 0.15) is 10.8 Å². The highest BCUT2D eigenvalue weighted by Gasteiger charge is 2.24. The summed E-state index contributed by atoms with van der Waals surface area (Å²) < 4.78 is 3.36. The molecule has 1 fully saturated rings. The van der Waals surface area contributed by atoms with Crippen LogP contribution in [0.5, 0.6) is 0 Å². The van der Waals surface area contributed by atoms with Crippen LogP contribution in [0.3, 0.4) is 0 Å². The Morgan fingerprint density at radius 3 is 2.72 bits per heavy atom. The Labute approximate surface area is 152 Å². The summed E-state index contributed by atoms with van der Waals surface area (Å²) in [6, 6.07) is 0. The largest absolute Gasteiger partial charge is 0.382 e. The van der Waals surface area contributed by atoms with Crippen molar-refractivity contribution in [3.05, 3.63) is 29.3 Å². The van der Waals surface area contributed by atoms with Gasteiger partial charge in [0.25, 0.3) is 0 Å². The fourth-order valence-corrected chi connectivity index (χ4v) is 3.41. The second-order valence-corrected chi connectivity index (χ2v) is 6.31. The first-order chi connectivity index (χ1) is 12.1. The number of aromatic nitrogens is 5. The molecule has 1 saturated heterocycles. The van der Waals surface area contributed by atoms with Crippen LogP contribution in [0.1, 0.15) is 38.3 Å². The van der Waals surface area contributed by atoms with Crippen molar-refractivity contribution in [2.75, 3.05) is 18.8 Å². The van der Waals surface area contributed by atoms with E-state index in [2.05, 4.69) is 15.5 Å². The number of aryl methyl sites for hydroxylation is 1. The van der Waals surface area contributed by atoms with Crippen LogP contribution in [0.15, 0.2) is 18.6 Å². The van der Waals surface area contributed by atoms with E-state index in [-0.39, 0.29) is 5.92 Å². The molecule has 134 valence electrons. The maximum Gasteiger partial charge on any atom is 0.165 e. The first-order valence-electron chi connectivity index (χ1n) is 8.67. The molecule has 0 bridgehead atoms. The summed E-state index contributed by atoms with van der Waals surface area (Å²) in [5.74, 6) is 0.715. The second-order valence-electron chi connectivity index (χ2n) is 5.94. The molecule has 1 aliphatic heterocycles. The summed E-state index contributed by atoms with van der Waals surface area (Å²) in [7, 11) is 1.88. The molecule has 0 aromatic carbocycles. The lowest BCUT2D eigenvalue weighted by Gasteiger charge is -2.23. The highest BCUT2D eigenvalue weighted by atomic mass is 35.5. The van der Waals surface area contributed by atoms with Gasteiger partial charge in [-0.05, 0) is 19.4 Å². The third-order valence-corrected chi connectivity index (χ3v) is 4.73. The quantitative estimate of drug-likeness (QED) is 0.733. The van der Waals surface area contributed by atoms with E-state index >= 15 is 0 Å². The number of fused-ring (bicyclic) bond motifs is 1. The Bertz CT molecular complexity index is 861. The van der Waals surface area contributed by atoms with Crippen LogP contribution >= 0.6 is 11.6 Å². The normalized spacial score (nSPS) is 17.4. The third kappa shape index (κ3) is 3.21. The summed E-state index contributed by atoms with van der Waals surface area (Å²) in [5.41, 5.74) is 9.66. The minimum absolute atomic E-state index is 0.278. The Balaban J connectivity index is 0.000000880. The Morgan fingerprint density at radius 1 is 1.28 bits per heavy atom. The smallest absolute Gasteiger partial charge is 0.165 e. The molecule has 4 heterocycles. The summed E-state index contributed by atoms with van der Waals surface area (Å²) >= 11 is 6.47. The van der Waals surface area contributed by atoms with Crippen LogP contribution in [0.4, 0.5) is 5.82 Å². The minimum atomic E-state index is 0.278. The predicted molar refractivity (Wildman–Crippen MR) is 101 cm³/mol. The number of nitrogens with zero attached hydrogens (tertiary/aromatic N) is 5. The molecule has 3 aromatic heterocycles. The van der Waals surface area contributed by atoms with Gasteiger partial charge in [0, 0.05) is 36.8 Å². The van der Waals surface area contributed by atoms with E-state index in [0.717, 1.165) is 48.4 Å². The number of hydrogen-bond donors (Lipinski definition) is 2. The molecule has 3 aromatic rings. The number of hydrogen-bond acceptors (Lipinski definition) is 5. The van der Waals surface area contributed by atoms with Crippen LogP contribution in [-0.2, 0) is 7.05 Å². The molecular weight excluding hydrogens is 338 g/mol. The first kappa shape index (κ1) is 17.7. The third-order valence-electron chi connectivity index (χ3n) is 4.35. The lowest BCUT2D eigenvalue weighted by Crippen LogP contribution is -2.29. The molecule has 7 nitrogen and oxygen atoms in total. The van der Waals surface area contributed by atoms with Gasteiger partial charge in [0.15, 0.2) is 5.65 Å². The van der Waals surface area contributed by atoms with Gasteiger partial charge < -0.3 is 11.1 Å². The van der Waals surface area contributed by atoms with Gasteiger partial charge in [-0.25, -0.2) is 4.98 Å². The highest BCUT2D eigenvalue weighted by molar-refractivity contribution is 6.33. The zero-order valence-corrected chi connectivity index (χ0v) is 15.6. The number of nitrogens with two attached hydrogens (primary N) is 1. The van der Waals surface area contributed by atoms with Gasteiger partial charge in [-0.15, -0.1) is 0 Å². The SMILES string of the molecule is CC.Cn1cc(-c2cnn3c(N)c(Cl)c(C4CCCNC4)nc23)cn1. The highest BCUT2D eigenvalue weighted by Crippen LogP contribution is 2.34. The molecule has 0 spiro atoms. The van der Waals surface area contributed by atoms with Crippen LogP contribution in [-0.4, -0.2) is 37.5 Å². The molecule has 3 N–H and O–H groups in total. The van der Waals surface area contributed by atoms with Gasteiger partial charge >= 0.3 is 0 Å². The fourth-order valence-electron chi connectivity index (χ4n) is 3.13. The topological polar surface area (TPSA) is 86.1 Å². The number of nitrogen functional groups attached to an aromatic ring is 1. The molecule has 1 atom stereocenters. The Morgan fingerprint density at radius 2 is 2.08 bits per heavy atom. The van der Waals surface area contributed by atoms with E-state index in [9.17, 15) is 0 Å². The number of anilines is 1. The Kier molecular flexibility index (Phi) is 5.24. The van der Waals surface area contributed by atoms with Crippen molar-refractivity contribution < 1.29 is 0 Å². The van der Waals surface area contributed by atoms with Gasteiger partial charge in [-0.2, -0.15) is 14.7 Å². The van der Waals surface area contributed by atoms with Crippen molar-refractivity contribution in [2.24, 2.45) is 7.05 Å². The predicted octanol–water partition coefficient (Wildman–Crippen LogP) is 2.86. The van der Waals surface area contributed by atoms with E-state index in [1.54, 1.807) is 21.6 Å². The van der Waals surface area contributed by atoms with Crippen molar-refractivity contribution >= 4 is 23.1 Å². The second kappa shape index (κ2) is 7.41. The van der Waals surface area contributed by atoms with E-state index in [1.807, 2.05) is 27.1 Å². The van der Waals surface area contributed by atoms with Gasteiger partial charge in [-0.3, -0.25) is 4.68 Å². The Hall–Kier alpha value is -2.12. The van der Waals surface area contributed by atoms with Crippen LogP contribution < -0.4 is 11.1 Å². The molecule has 0 radical (unpaired) electrons. The zero-order valence-electron chi connectivity index (χ0n) is 14.8. The average molecular weight is 362 g/mol. The number of nitrogens with one attached hydrogen (secondary N) is 1. The maximum absolute atomic E-state index is 6.47. The van der Waals surface area contributed by atoms with Gasteiger partial charge in [0.05, 0.1) is 18.1 Å². The van der Waals surface area contributed by atoms with E-state index < -0.39 is 0 Å². The molecule has 0 aliphatic carbocycles. The van der Waals surface area contributed by atoms with Crippen molar-refractivity contribution in [1.29, 1.82) is 0 Å². The molecular formula is C17H24ClN7. The lowest BCUT2D eigenvalue weighted by atomic mass is 9.95. The summed E-state index contributed by atoms with van der Waals surface area (Å²) in [6.45, 7) is 5.91. The molecule has 25 heavy (non-hydrogen) atoms. The molecule has 0 saturated carbocycles. The molecule has 1 aliphatic rings. The molecule has 1 unspecified atom stereocenters. The van der Waals surface area contributed by atoms with Crippen molar-refractivity contribution in [3.8, 4) is 11.1 Å². The fraction of sp³-hybridized carbons (Fsp3) is 0.471. The van der Waals surface area contributed by atoms with Crippen molar-refractivity contribution in [3.63, 3.8) is 0 Å². The number of rotatable bonds is 2. The summed E-state index contributed by atoms with van der Waals surface area (Å²) in [4.78, 5) is 4.82. The average Bonchev–Trinajstić information content (AvgIpc) is 3.26. The van der Waals surface area contributed by atoms with E-state index in [4.69, 9.17) is 22.3 Å². The molecule has 4 rings (SSSR count). The number of halogens is 1. The van der Waals surface area contributed by atoms with Crippen LogP contribution in [0, 0.1) is 0 Å². The number of piperidine rings is 1. The molecule has 0 amide bonds. The van der Waals surface area contributed by atoms with Gasteiger partial charge in [-0.1, -0.05) is 25.4 Å². The molecule has 8 heteroatoms. The summed E-state index contributed by atoms with van der Waals surface area (Å²) in [6.07, 6.45) is 7.67. The maximum atomic E-state index is 6.47. The standard InChI is InChI=1S/C15H18ClN7.C2H6/c1-22-8-10(6-19-22)11-7-20-23-14(17)12(16)13(21-15(11)23)9-3-2-4-18-5-9;1-2/h6-9,18H,2-5,17H2,1H3;1-2H3.